The first-order chi connectivity index (χ1) is 40.0. The summed E-state index contributed by atoms with van der Waals surface area (Å²) in [5.41, 5.74) is 21.7. The number of aromatic nitrogens is 2. The summed E-state index contributed by atoms with van der Waals surface area (Å²) in [4.78, 5) is 56.3. The Morgan fingerprint density at radius 2 is 1.13 bits per heavy atom. The topological polar surface area (TPSA) is 228 Å². The van der Waals surface area contributed by atoms with Crippen LogP contribution in [0.25, 0.3) is 22.3 Å². The molecule has 6 aliphatic rings. The average Bonchev–Trinajstić information content (AvgIpc) is 3.03. The number of hydrogen-bond donors (Lipinski definition) is 3. The zero-order valence-corrected chi connectivity index (χ0v) is 47.8. The van der Waals surface area contributed by atoms with Crippen LogP contribution in [0.4, 0.5) is 28.4 Å². The molecule has 5 atom stereocenters. The van der Waals surface area contributed by atoms with Crippen molar-refractivity contribution >= 4 is 52.1 Å². The summed E-state index contributed by atoms with van der Waals surface area (Å²) in [6.45, 7) is 15.3. The minimum atomic E-state index is -0.993. The molecule has 2 aromatic heterocycles. The molecule has 83 heavy (non-hydrogen) atoms. The van der Waals surface area contributed by atoms with Crippen molar-refractivity contribution in [1.29, 1.82) is 10.5 Å². The summed E-state index contributed by atoms with van der Waals surface area (Å²) >= 11 is 0. The van der Waals surface area contributed by atoms with Crippen LogP contribution >= 0.6 is 0 Å². The first-order valence-corrected chi connectivity index (χ1v) is 29.0. The van der Waals surface area contributed by atoms with Gasteiger partial charge in [-0.2, -0.15) is 10.5 Å². The Morgan fingerprint density at radius 3 is 1.58 bits per heavy atom. The Hall–Kier alpha value is -8.86. The molecular weight excluding hydrogens is 1040 g/mol. The van der Waals surface area contributed by atoms with E-state index in [1.54, 1.807) is 18.2 Å². The molecular formula is C67H68N10O6. The van der Waals surface area contributed by atoms with Crippen LogP contribution in [0.5, 0.6) is 0 Å². The largest absolute Gasteiger partial charge is 0.385 e. The van der Waals surface area contributed by atoms with Crippen molar-refractivity contribution in [1.82, 2.24) is 20.5 Å². The van der Waals surface area contributed by atoms with E-state index in [4.69, 9.17) is 14.8 Å². The minimum absolute atomic E-state index is 0.0794. The third kappa shape index (κ3) is 10.5. The van der Waals surface area contributed by atoms with Gasteiger partial charge in [0.05, 0.1) is 45.5 Å². The third-order valence-electron chi connectivity index (χ3n) is 18.3. The number of nitrogens with zero attached hydrogens (tertiary/aromatic N) is 7. The molecule has 4 aliphatic carbocycles. The molecule has 13 rings (SSSR count). The number of carbonyl (C=O) groups is 4. The van der Waals surface area contributed by atoms with Crippen molar-refractivity contribution in [3.8, 4) is 34.4 Å². The quantitative estimate of drug-likeness (QED) is 0.0721. The number of carbonyl (C=O) groups excluding carboxylic acids is 4. The van der Waals surface area contributed by atoms with Crippen molar-refractivity contribution in [2.24, 2.45) is 29.4 Å². The van der Waals surface area contributed by atoms with E-state index in [9.17, 15) is 29.7 Å². The number of benzene rings is 5. The molecule has 0 radical (unpaired) electrons. The second-order valence-electron chi connectivity index (χ2n) is 23.9. The molecule has 4 heterocycles. The highest BCUT2D eigenvalue weighted by Crippen LogP contribution is 2.50. The van der Waals surface area contributed by atoms with Crippen LogP contribution in [0, 0.1) is 87.9 Å². The molecule has 0 bridgehead atoms. The van der Waals surface area contributed by atoms with E-state index in [1.165, 1.54) is 17.7 Å². The van der Waals surface area contributed by atoms with Crippen LogP contribution in [0.15, 0.2) is 112 Å². The minimum Gasteiger partial charge on any atom is -0.385 e. The number of nitrogens with one attached hydrogen (secondary N) is 2. The standard InChI is InChI=1S/C40H38N6O5.C27H30N4O/c1-22-4-5-25(36-23(2)44-51-24(36)3)17-34(22)45(30-9-6-28(7-10-30)40(21-41)14-15-40)20-27-16-26(27)19-42-29-8-11-31-32(18-29)39(50)46(38(31)49)33-12-13-35(47)43-37(33)48;1-17-4-5-20(26-18(2)30-32-19(26)3)13-25(17)31(15-22-12-21(22)14-28)24-8-6-23(7-9-24)27(16-29)10-11-27/h4-11,17-18,26-27,33,42H,12-16,19-20H2,1-3H3,(H,43,47,48);4-9,13,21-22H,10-12,14-15,28H2,1-3H3/t26-,27-,33?;21-,22-/m11/s1. The van der Waals surface area contributed by atoms with Crippen molar-refractivity contribution in [3.05, 3.63) is 159 Å². The van der Waals surface area contributed by atoms with Crippen LogP contribution in [0.2, 0.25) is 0 Å². The number of fused-ring (bicyclic) bond motifs is 1. The maximum Gasteiger partial charge on any atom is 0.262 e. The smallest absolute Gasteiger partial charge is 0.262 e. The van der Waals surface area contributed by atoms with Gasteiger partial charge in [0.2, 0.25) is 11.8 Å². The van der Waals surface area contributed by atoms with Crippen molar-refractivity contribution in [3.63, 3.8) is 0 Å². The number of amides is 4. The van der Waals surface area contributed by atoms with Gasteiger partial charge in [-0.3, -0.25) is 29.4 Å². The zero-order chi connectivity index (χ0) is 58.1. The second-order valence-corrected chi connectivity index (χ2v) is 23.9. The molecule has 422 valence electrons. The first kappa shape index (κ1) is 54.7. The fourth-order valence-electron chi connectivity index (χ4n) is 12.6. The van der Waals surface area contributed by atoms with E-state index in [1.807, 2.05) is 27.7 Å². The van der Waals surface area contributed by atoms with Gasteiger partial charge in [0.15, 0.2) is 0 Å². The third-order valence-corrected chi connectivity index (χ3v) is 18.3. The van der Waals surface area contributed by atoms with Gasteiger partial charge in [0, 0.05) is 65.6 Å². The highest BCUT2D eigenvalue weighted by atomic mass is 16.5. The first-order valence-electron chi connectivity index (χ1n) is 29.0. The van der Waals surface area contributed by atoms with Crippen LogP contribution in [0.3, 0.4) is 0 Å². The fourth-order valence-corrected chi connectivity index (χ4v) is 12.6. The second kappa shape index (κ2) is 21.5. The maximum absolute atomic E-state index is 13.3. The Kier molecular flexibility index (Phi) is 14.2. The molecule has 7 aromatic rings. The van der Waals surface area contributed by atoms with Gasteiger partial charge in [0.25, 0.3) is 11.8 Å². The summed E-state index contributed by atoms with van der Waals surface area (Å²) < 4.78 is 10.9. The molecule has 16 heteroatoms. The van der Waals surface area contributed by atoms with Crippen LogP contribution in [0.1, 0.15) is 117 Å². The van der Waals surface area contributed by atoms with Gasteiger partial charge in [-0.1, -0.05) is 58.8 Å². The van der Waals surface area contributed by atoms with Gasteiger partial charge in [0.1, 0.15) is 17.6 Å². The lowest BCUT2D eigenvalue weighted by Gasteiger charge is -2.28. The summed E-state index contributed by atoms with van der Waals surface area (Å²) in [5, 5.41) is 33.4. The van der Waals surface area contributed by atoms with E-state index >= 15 is 0 Å². The van der Waals surface area contributed by atoms with Crippen LogP contribution in [-0.2, 0) is 20.4 Å². The summed E-state index contributed by atoms with van der Waals surface area (Å²) in [7, 11) is 0. The van der Waals surface area contributed by atoms with Gasteiger partial charge in [-0.25, -0.2) is 0 Å². The Bertz CT molecular complexity index is 3780. The Labute approximate surface area is 483 Å². The van der Waals surface area contributed by atoms with Gasteiger partial charge in [-0.15, -0.1) is 0 Å². The number of nitriles is 2. The van der Waals surface area contributed by atoms with Crippen molar-refractivity contribution in [2.45, 2.75) is 110 Å². The molecule has 0 spiro atoms. The molecule has 1 saturated heterocycles. The monoisotopic (exact) mass is 1110 g/mol. The van der Waals surface area contributed by atoms with E-state index < -0.39 is 29.7 Å². The zero-order valence-electron chi connectivity index (χ0n) is 47.8. The normalized spacial score (nSPS) is 21.2. The molecule has 4 N–H and O–H groups in total. The van der Waals surface area contributed by atoms with E-state index in [-0.39, 0.29) is 34.8 Å². The number of aryl methyl sites for hydroxylation is 6. The number of hydrogen-bond acceptors (Lipinski definition) is 14. The molecule has 16 nitrogen and oxygen atoms in total. The fraction of sp³-hybridized carbons (Fsp3) is 0.373. The number of anilines is 5. The summed E-state index contributed by atoms with van der Waals surface area (Å²) in [5.74, 6) is 1.56. The predicted octanol–water partition coefficient (Wildman–Crippen LogP) is 11.7. The van der Waals surface area contributed by atoms with Crippen molar-refractivity contribution in [2.75, 3.05) is 41.3 Å². The SMILES string of the molecule is Cc1ccc(-c2c(C)noc2C)cc1N(C[C@H]1C[C@@H]1CN)c1ccc(C2(C#N)CC2)cc1.Cc1ccc(-c2c(C)noc2C)cc1N(C[C@H]1C[C@@H]1CNc1ccc2c(c1)C(=O)N(C1CCC(=O)NC1=O)C2=O)c1ccc(C2(C#N)CC2)cc1. The van der Waals surface area contributed by atoms with Crippen LogP contribution in [-0.4, -0.2) is 71.1 Å². The average molecular weight is 1110 g/mol. The summed E-state index contributed by atoms with van der Waals surface area (Å²) in [6, 6.07) is 39.3. The molecule has 4 amide bonds. The molecule has 1 unspecified atom stereocenters. The molecule has 2 aliphatic heterocycles. The maximum atomic E-state index is 13.3. The van der Waals surface area contributed by atoms with Gasteiger partial charge in [-0.05, 0) is 205 Å². The van der Waals surface area contributed by atoms with Crippen LogP contribution < -0.4 is 26.2 Å². The molecule has 5 aromatic carbocycles. The Morgan fingerprint density at radius 1 is 0.639 bits per heavy atom. The van der Waals surface area contributed by atoms with E-state index in [2.05, 4.69) is 142 Å². The number of piperidine rings is 1. The molecule has 4 saturated carbocycles. The summed E-state index contributed by atoms with van der Waals surface area (Å²) in [6.07, 6.45) is 6.13. The number of rotatable bonds is 17. The van der Waals surface area contributed by atoms with Gasteiger partial charge < -0.3 is 29.9 Å². The van der Waals surface area contributed by atoms with E-state index in [0.717, 1.165) is 141 Å². The number of nitrogens with two attached hydrogens (primary N) is 1. The highest BCUT2D eigenvalue weighted by molar-refractivity contribution is 6.23. The van der Waals surface area contributed by atoms with E-state index in [0.29, 0.717) is 30.2 Å². The lowest BCUT2D eigenvalue weighted by Crippen LogP contribution is -2.54. The van der Waals surface area contributed by atoms with Gasteiger partial charge >= 0.3 is 0 Å². The lowest BCUT2D eigenvalue weighted by atomic mass is 9.97. The Balaban J connectivity index is 0.000000182. The predicted molar refractivity (Wildman–Crippen MR) is 316 cm³/mol. The number of imide groups is 2. The molecule has 5 fully saturated rings. The van der Waals surface area contributed by atoms with Crippen molar-refractivity contribution < 1.29 is 28.2 Å². The highest BCUT2D eigenvalue weighted by Gasteiger charge is 2.47. The lowest BCUT2D eigenvalue weighted by molar-refractivity contribution is -0.136.